The van der Waals surface area contributed by atoms with E-state index in [1.165, 1.54) is 25.1 Å². The molecule has 0 amide bonds. The first-order chi connectivity index (χ1) is 9.15. The van der Waals surface area contributed by atoms with Gasteiger partial charge in [-0.15, -0.1) is 0 Å². The monoisotopic (exact) mass is 290 g/mol. The Bertz CT molecular complexity index is 501. The molecule has 0 aromatic heterocycles. The molecule has 0 bridgehead atoms. The van der Waals surface area contributed by atoms with E-state index in [9.17, 15) is 18.0 Å². The Balaban J connectivity index is 3.01. The molecule has 7 heteroatoms. The molecule has 1 aromatic carbocycles. The van der Waals surface area contributed by atoms with Crippen LogP contribution in [0.4, 0.5) is 24.5 Å². The van der Waals surface area contributed by atoms with E-state index in [0.29, 0.717) is 11.3 Å². The summed E-state index contributed by atoms with van der Waals surface area (Å²) in [5.74, 6) is -0.614. The number of halogens is 3. The van der Waals surface area contributed by atoms with Crippen LogP contribution >= 0.6 is 0 Å². The van der Waals surface area contributed by atoms with E-state index in [1.807, 2.05) is 0 Å². The van der Waals surface area contributed by atoms with Gasteiger partial charge in [0.25, 0.3) is 0 Å². The van der Waals surface area contributed by atoms with Crippen LogP contribution in [0.2, 0.25) is 0 Å². The van der Waals surface area contributed by atoms with Crippen molar-refractivity contribution in [1.29, 1.82) is 0 Å². The Morgan fingerprint density at radius 3 is 2.50 bits per heavy atom. The van der Waals surface area contributed by atoms with E-state index < -0.39 is 18.6 Å². The number of esters is 1. The number of aryl methyl sites for hydroxylation is 1. The lowest BCUT2D eigenvalue weighted by Gasteiger charge is -2.22. The van der Waals surface area contributed by atoms with Crippen LogP contribution in [0.25, 0.3) is 0 Å². The van der Waals surface area contributed by atoms with Gasteiger partial charge in [0.15, 0.2) is 0 Å². The first kappa shape index (κ1) is 16.1. The van der Waals surface area contributed by atoms with E-state index in [1.54, 1.807) is 13.0 Å². The van der Waals surface area contributed by atoms with Crippen LogP contribution in [0.15, 0.2) is 12.1 Å². The maximum atomic E-state index is 12.2. The zero-order valence-electron chi connectivity index (χ0n) is 11.5. The van der Waals surface area contributed by atoms with Gasteiger partial charge in [-0.3, -0.25) is 0 Å². The molecule has 0 fully saturated rings. The number of benzene rings is 1. The average Bonchev–Trinajstić information content (AvgIpc) is 2.37. The lowest BCUT2D eigenvalue weighted by Crippen LogP contribution is -2.24. The van der Waals surface area contributed by atoms with Gasteiger partial charge in [-0.2, -0.15) is 13.2 Å². The topological polar surface area (TPSA) is 55.6 Å². The van der Waals surface area contributed by atoms with Crippen LogP contribution < -0.4 is 10.6 Å². The number of ether oxygens (including phenoxy) is 1. The second kappa shape index (κ2) is 6.02. The van der Waals surface area contributed by atoms with Crippen LogP contribution in [0.1, 0.15) is 22.3 Å². The van der Waals surface area contributed by atoms with Crippen molar-refractivity contribution in [2.24, 2.45) is 0 Å². The fraction of sp³-hybridized carbons (Fsp3) is 0.462. The highest BCUT2D eigenvalue weighted by Gasteiger charge is 2.27. The van der Waals surface area contributed by atoms with Crippen molar-refractivity contribution < 1.29 is 22.7 Å². The molecule has 0 aliphatic carbocycles. The van der Waals surface area contributed by atoms with Crippen molar-refractivity contribution in [2.45, 2.75) is 19.5 Å². The smallest absolute Gasteiger partial charge is 0.390 e. The van der Waals surface area contributed by atoms with Crippen LogP contribution in [0, 0.1) is 6.92 Å². The van der Waals surface area contributed by atoms with Crippen LogP contribution in [-0.4, -0.2) is 32.8 Å². The fourth-order valence-corrected chi connectivity index (χ4v) is 1.70. The SMILES string of the molecule is COC(=O)c1cc(N(C)CCC(F)(F)F)cc(C)c1N. The number of rotatable bonds is 4. The summed E-state index contributed by atoms with van der Waals surface area (Å²) in [6.07, 6.45) is -5.15. The zero-order chi connectivity index (χ0) is 15.5. The second-order valence-electron chi connectivity index (χ2n) is 4.50. The highest BCUT2D eigenvalue weighted by Crippen LogP contribution is 2.27. The Morgan fingerprint density at radius 2 is 2.00 bits per heavy atom. The van der Waals surface area contributed by atoms with Gasteiger partial charge in [-0.25, -0.2) is 4.79 Å². The van der Waals surface area contributed by atoms with Gasteiger partial charge >= 0.3 is 12.1 Å². The first-order valence-electron chi connectivity index (χ1n) is 5.92. The minimum atomic E-state index is -4.22. The number of hydrogen-bond donors (Lipinski definition) is 1. The second-order valence-corrected chi connectivity index (χ2v) is 4.50. The number of carbonyl (C=O) groups excluding carboxylic acids is 1. The summed E-state index contributed by atoms with van der Waals surface area (Å²) in [6, 6.07) is 3.07. The van der Waals surface area contributed by atoms with E-state index in [2.05, 4.69) is 4.74 Å². The van der Waals surface area contributed by atoms with Gasteiger partial charge in [0, 0.05) is 25.0 Å². The molecule has 0 heterocycles. The number of carbonyl (C=O) groups is 1. The molecule has 1 rings (SSSR count). The standard InChI is InChI=1S/C13H17F3N2O2/c1-8-6-9(18(2)5-4-13(14,15)16)7-10(11(8)17)12(19)20-3/h6-7H,4-5,17H2,1-3H3. The zero-order valence-corrected chi connectivity index (χ0v) is 11.5. The molecule has 0 radical (unpaired) electrons. The van der Waals surface area contributed by atoms with Gasteiger partial charge in [-0.05, 0) is 24.6 Å². The molecule has 0 unspecified atom stereocenters. The van der Waals surface area contributed by atoms with E-state index in [0.717, 1.165) is 0 Å². The molecule has 2 N–H and O–H groups in total. The Kier molecular flexibility index (Phi) is 4.86. The number of hydrogen-bond acceptors (Lipinski definition) is 4. The molecule has 20 heavy (non-hydrogen) atoms. The number of nitrogens with zero attached hydrogens (tertiary/aromatic N) is 1. The van der Waals surface area contributed by atoms with Gasteiger partial charge in [0.1, 0.15) is 0 Å². The molecule has 0 aliphatic rings. The van der Waals surface area contributed by atoms with Gasteiger partial charge in [0.2, 0.25) is 0 Å². The maximum Gasteiger partial charge on any atom is 0.390 e. The largest absolute Gasteiger partial charge is 0.465 e. The molecule has 0 aliphatic heterocycles. The van der Waals surface area contributed by atoms with E-state index >= 15 is 0 Å². The number of nitrogen functional groups attached to an aromatic ring is 1. The van der Waals surface area contributed by atoms with Crippen molar-refractivity contribution >= 4 is 17.3 Å². The van der Waals surface area contributed by atoms with Crippen molar-refractivity contribution in [3.05, 3.63) is 23.3 Å². The summed E-state index contributed by atoms with van der Waals surface area (Å²) in [5.41, 5.74) is 7.29. The summed E-state index contributed by atoms with van der Waals surface area (Å²) in [7, 11) is 2.74. The molecule has 1 aromatic rings. The minimum Gasteiger partial charge on any atom is -0.465 e. The summed E-state index contributed by atoms with van der Waals surface area (Å²) >= 11 is 0. The predicted molar refractivity (Wildman–Crippen MR) is 70.9 cm³/mol. The van der Waals surface area contributed by atoms with E-state index in [4.69, 9.17) is 5.73 Å². The third-order valence-electron chi connectivity index (χ3n) is 2.95. The van der Waals surface area contributed by atoms with Crippen LogP contribution in [-0.2, 0) is 4.74 Å². The lowest BCUT2D eigenvalue weighted by molar-refractivity contribution is -0.132. The highest BCUT2D eigenvalue weighted by atomic mass is 19.4. The third-order valence-corrected chi connectivity index (χ3v) is 2.95. The van der Waals surface area contributed by atoms with Crippen molar-refractivity contribution in [2.75, 3.05) is 31.3 Å². The van der Waals surface area contributed by atoms with Gasteiger partial charge in [0.05, 0.1) is 19.1 Å². The third kappa shape index (κ3) is 4.04. The summed E-state index contributed by atoms with van der Waals surface area (Å²) in [4.78, 5) is 13.0. The fourth-order valence-electron chi connectivity index (χ4n) is 1.70. The van der Waals surface area contributed by atoms with Gasteiger partial charge in [-0.1, -0.05) is 0 Å². The molecular weight excluding hydrogens is 273 g/mol. The summed E-state index contributed by atoms with van der Waals surface area (Å²) in [5, 5.41) is 0. The molecular formula is C13H17F3N2O2. The first-order valence-corrected chi connectivity index (χ1v) is 5.92. The number of anilines is 2. The van der Waals surface area contributed by atoms with Crippen LogP contribution in [0.5, 0.6) is 0 Å². The molecule has 0 saturated carbocycles. The Labute approximate surface area is 115 Å². The number of methoxy groups -OCH3 is 1. The van der Waals surface area contributed by atoms with Crippen LogP contribution in [0.3, 0.4) is 0 Å². The number of nitrogens with two attached hydrogens (primary N) is 1. The molecule has 0 atom stereocenters. The summed E-state index contributed by atoms with van der Waals surface area (Å²) < 4.78 is 41.3. The lowest BCUT2D eigenvalue weighted by atomic mass is 10.1. The highest BCUT2D eigenvalue weighted by molar-refractivity contribution is 5.97. The molecule has 112 valence electrons. The predicted octanol–water partition coefficient (Wildman–Crippen LogP) is 2.75. The van der Waals surface area contributed by atoms with E-state index in [-0.39, 0.29) is 17.8 Å². The average molecular weight is 290 g/mol. The molecule has 0 spiro atoms. The van der Waals surface area contributed by atoms with Crippen molar-refractivity contribution in [3.63, 3.8) is 0 Å². The number of alkyl halides is 3. The minimum absolute atomic E-state index is 0.154. The normalized spacial score (nSPS) is 11.3. The van der Waals surface area contributed by atoms with Crippen molar-refractivity contribution in [3.8, 4) is 0 Å². The molecule has 0 saturated heterocycles. The van der Waals surface area contributed by atoms with Gasteiger partial charge < -0.3 is 15.4 Å². The molecule has 4 nitrogen and oxygen atoms in total. The maximum absolute atomic E-state index is 12.2. The summed E-state index contributed by atoms with van der Waals surface area (Å²) in [6.45, 7) is 1.48. The quantitative estimate of drug-likeness (QED) is 0.684. The Morgan fingerprint density at radius 1 is 1.40 bits per heavy atom. The Hall–Kier alpha value is -1.92. The van der Waals surface area contributed by atoms with Crippen molar-refractivity contribution in [1.82, 2.24) is 0 Å².